The number of anilines is 1. The van der Waals surface area contributed by atoms with Gasteiger partial charge in [-0.15, -0.1) is 0 Å². The van der Waals surface area contributed by atoms with Crippen LogP contribution in [0.15, 0.2) is 49.3 Å². The zero-order valence-electron chi connectivity index (χ0n) is 26.2. The van der Waals surface area contributed by atoms with Gasteiger partial charge in [0.2, 0.25) is 0 Å². The van der Waals surface area contributed by atoms with E-state index in [1.54, 1.807) is 6.20 Å². The molecule has 12 heteroatoms. The van der Waals surface area contributed by atoms with Crippen LogP contribution in [-0.4, -0.2) is 69.0 Å². The highest BCUT2D eigenvalue weighted by Crippen LogP contribution is 2.37. The molecule has 1 unspecified atom stereocenters. The Bertz CT molecular complexity index is 1670. The van der Waals surface area contributed by atoms with Crippen molar-refractivity contribution in [2.75, 3.05) is 24.6 Å². The predicted molar refractivity (Wildman–Crippen MR) is 172 cm³/mol. The molecule has 0 aromatic carbocycles. The molecular weight excluding hydrogens is 570 g/mol. The highest BCUT2D eigenvalue weighted by molar-refractivity contribution is 6.76. The van der Waals surface area contributed by atoms with Crippen LogP contribution in [0.4, 0.5) is 5.82 Å². The number of carbonyl (C=O) groups excluding carboxylic acids is 1. The molecule has 2 fully saturated rings. The van der Waals surface area contributed by atoms with Crippen molar-refractivity contribution in [3.8, 4) is 17.2 Å². The van der Waals surface area contributed by atoms with Crippen molar-refractivity contribution >= 4 is 30.8 Å². The number of amides is 1. The SMILES string of the molecule is CC(OCC[Si](C)(C)C)n1ccc2c(-c3cnn(C4(CC#N)CN(c5cnc(C(=O)N[C@@H](C)C6CC6)cn5)C4)c3)ccnc21. The van der Waals surface area contributed by atoms with E-state index < -0.39 is 13.6 Å². The van der Waals surface area contributed by atoms with Gasteiger partial charge in [-0.3, -0.25) is 9.48 Å². The van der Waals surface area contributed by atoms with Crippen molar-refractivity contribution in [2.45, 2.75) is 76.6 Å². The van der Waals surface area contributed by atoms with Crippen LogP contribution in [0.3, 0.4) is 0 Å². The first-order chi connectivity index (χ1) is 21.1. The number of nitrogens with one attached hydrogen (secondary N) is 1. The maximum absolute atomic E-state index is 12.6. The fraction of sp³-hybridized carbons (Fsp3) is 0.500. The molecule has 1 aliphatic heterocycles. The molecule has 2 aliphatic rings. The second kappa shape index (κ2) is 11.8. The van der Waals surface area contributed by atoms with Crippen molar-refractivity contribution in [1.82, 2.24) is 34.6 Å². The summed E-state index contributed by atoms with van der Waals surface area (Å²) in [5.41, 5.74) is 2.70. The molecule has 1 saturated heterocycles. The largest absolute Gasteiger partial charge is 0.359 e. The van der Waals surface area contributed by atoms with Crippen LogP contribution in [0, 0.1) is 17.2 Å². The van der Waals surface area contributed by atoms with Gasteiger partial charge in [0.05, 0.1) is 31.1 Å². The van der Waals surface area contributed by atoms with Crippen LogP contribution in [0.1, 0.15) is 49.8 Å². The van der Waals surface area contributed by atoms with Gasteiger partial charge in [-0.25, -0.2) is 15.0 Å². The van der Waals surface area contributed by atoms with E-state index >= 15 is 0 Å². The molecule has 4 aromatic rings. The fourth-order valence-electron chi connectivity index (χ4n) is 5.85. The Kier molecular flexibility index (Phi) is 8.02. The maximum atomic E-state index is 12.6. The molecule has 0 radical (unpaired) electrons. The van der Waals surface area contributed by atoms with Gasteiger partial charge >= 0.3 is 0 Å². The molecule has 4 aromatic heterocycles. The molecule has 0 bridgehead atoms. The predicted octanol–water partition coefficient (Wildman–Crippen LogP) is 5.22. The highest BCUT2D eigenvalue weighted by atomic mass is 28.3. The number of pyridine rings is 1. The van der Waals surface area contributed by atoms with E-state index in [0.717, 1.165) is 47.7 Å². The van der Waals surface area contributed by atoms with E-state index in [1.165, 1.54) is 6.20 Å². The van der Waals surface area contributed by atoms with E-state index in [1.807, 2.05) is 42.5 Å². The third kappa shape index (κ3) is 6.12. The molecule has 1 amide bonds. The maximum Gasteiger partial charge on any atom is 0.271 e. The first kappa shape index (κ1) is 30.0. The standard InChI is InChI=1S/C32H41N9O2Si/c1-22(24-6-7-24)38-31(42)28-17-36-29(18-35-28)39-20-32(21-39,10-11-33)41-19-25(16-37-41)26-8-12-34-30-27(26)9-13-40(30)23(2)43-14-15-44(3,4)5/h8-9,12-13,16-19,22-24H,6-7,10,14-15,20-21H2,1-5H3,(H,38,42)/t22-,23?/m0/s1. The third-order valence-electron chi connectivity index (χ3n) is 8.86. The Hall–Kier alpha value is -4.08. The lowest BCUT2D eigenvalue weighted by molar-refractivity contribution is 0.0272. The number of nitriles is 1. The molecule has 1 aliphatic carbocycles. The van der Waals surface area contributed by atoms with Crippen molar-refractivity contribution in [3.05, 3.63) is 55.0 Å². The molecule has 2 atom stereocenters. The normalized spacial score (nSPS) is 17.6. The van der Waals surface area contributed by atoms with Gasteiger partial charge in [-0.2, -0.15) is 10.4 Å². The third-order valence-corrected chi connectivity index (χ3v) is 10.6. The van der Waals surface area contributed by atoms with Gasteiger partial charge in [-0.1, -0.05) is 19.6 Å². The van der Waals surface area contributed by atoms with Crippen molar-refractivity contribution in [1.29, 1.82) is 5.26 Å². The first-order valence-electron chi connectivity index (χ1n) is 15.4. The van der Waals surface area contributed by atoms with E-state index in [9.17, 15) is 10.1 Å². The van der Waals surface area contributed by atoms with Crippen molar-refractivity contribution in [2.24, 2.45) is 5.92 Å². The number of aromatic nitrogens is 6. The number of fused-ring (bicyclic) bond motifs is 1. The summed E-state index contributed by atoms with van der Waals surface area (Å²) in [5.74, 6) is 1.05. The Morgan fingerprint density at radius 3 is 2.64 bits per heavy atom. The van der Waals surface area contributed by atoms with Crippen LogP contribution in [0.2, 0.25) is 25.7 Å². The number of carbonyl (C=O) groups is 1. The average molecular weight is 612 g/mol. The fourth-order valence-corrected chi connectivity index (χ4v) is 6.58. The Morgan fingerprint density at radius 2 is 1.95 bits per heavy atom. The zero-order chi connectivity index (χ0) is 31.1. The van der Waals surface area contributed by atoms with Gasteiger partial charge in [0.15, 0.2) is 0 Å². The summed E-state index contributed by atoms with van der Waals surface area (Å²) in [6, 6.07) is 7.71. The molecule has 0 spiro atoms. The summed E-state index contributed by atoms with van der Waals surface area (Å²) in [6.45, 7) is 13.0. The minimum atomic E-state index is -1.17. The topological polar surface area (TPSA) is 127 Å². The van der Waals surface area contributed by atoms with Crippen LogP contribution in [0.25, 0.3) is 22.2 Å². The number of ether oxygens (including phenoxy) is 1. The van der Waals surface area contributed by atoms with Crippen molar-refractivity contribution < 1.29 is 9.53 Å². The minimum absolute atomic E-state index is 0.118. The Morgan fingerprint density at radius 1 is 1.16 bits per heavy atom. The lowest BCUT2D eigenvalue weighted by atomic mass is 9.87. The Labute approximate surface area is 259 Å². The number of hydrogen-bond acceptors (Lipinski definition) is 8. The van der Waals surface area contributed by atoms with Crippen LogP contribution in [-0.2, 0) is 10.3 Å². The molecule has 1 saturated carbocycles. The summed E-state index contributed by atoms with van der Waals surface area (Å²) in [6.07, 6.45) is 13.4. The van der Waals surface area contributed by atoms with E-state index in [-0.39, 0.29) is 18.2 Å². The lowest BCUT2D eigenvalue weighted by Crippen LogP contribution is -2.63. The first-order valence-corrected chi connectivity index (χ1v) is 19.2. The van der Waals surface area contributed by atoms with Crippen LogP contribution >= 0.6 is 0 Å². The average Bonchev–Trinajstić information content (AvgIpc) is 3.55. The monoisotopic (exact) mass is 611 g/mol. The van der Waals surface area contributed by atoms with Gasteiger partial charge in [0.1, 0.15) is 28.9 Å². The summed E-state index contributed by atoms with van der Waals surface area (Å²) >= 11 is 0. The Balaban J connectivity index is 1.15. The summed E-state index contributed by atoms with van der Waals surface area (Å²) < 4.78 is 10.2. The summed E-state index contributed by atoms with van der Waals surface area (Å²) in [7, 11) is -1.17. The van der Waals surface area contributed by atoms with Crippen LogP contribution in [0.5, 0.6) is 0 Å². The molecule has 6 rings (SSSR count). The summed E-state index contributed by atoms with van der Waals surface area (Å²) in [4.78, 5) is 28.2. The van der Waals surface area contributed by atoms with E-state index in [2.05, 4.69) is 68.4 Å². The second-order valence-corrected chi connectivity index (χ2v) is 19.2. The minimum Gasteiger partial charge on any atom is -0.359 e. The van der Waals surface area contributed by atoms with Gasteiger partial charge in [0.25, 0.3) is 5.91 Å². The lowest BCUT2D eigenvalue weighted by Gasteiger charge is -2.49. The molecular formula is C32H41N9O2Si. The molecule has 5 heterocycles. The highest BCUT2D eigenvalue weighted by Gasteiger charge is 2.46. The summed E-state index contributed by atoms with van der Waals surface area (Å²) in [5, 5.41) is 18.5. The van der Waals surface area contributed by atoms with Crippen molar-refractivity contribution in [3.63, 3.8) is 0 Å². The van der Waals surface area contributed by atoms with E-state index in [0.29, 0.717) is 36.9 Å². The van der Waals surface area contributed by atoms with Gasteiger partial charge in [-0.05, 0) is 56.3 Å². The van der Waals surface area contributed by atoms with E-state index in [4.69, 9.17) is 9.84 Å². The molecule has 11 nitrogen and oxygen atoms in total. The smallest absolute Gasteiger partial charge is 0.271 e. The quantitative estimate of drug-likeness (QED) is 0.216. The zero-order valence-corrected chi connectivity index (χ0v) is 27.2. The number of rotatable bonds is 12. The van der Waals surface area contributed by atoms with Gasteiger partial charge < -0.3 is 19.5 Å². The second-order valence-electron chi connectivity index (χ2n) is 13.5. The van der Waals surface area contributed by atoms with Crippen LogP contribution < -0.4 is 10.2 Å². The molecule has 44 heavy (non-hydrogen) atoms. The number of hydrogen-bond donors (Lipinski definition) is 1. The number of nitrogens with zero attached hydrogens (tertiary/aromatic N) is 8. The molecule has 1 N–H and O–H groups in total. The van der Waals surface area contributed by atoms with Gasteiger partial charge in [0, 0.05) is 63.4 Å². The molecule has 230 valence electrons.